The van der Waals surface area contributed by atoms with Gasteiger partial charge < -0.3 is 4.74 Å². The molecule has 0 bridgehead atoms. The van der Waals surface area contributed by atoms with E-state index in [1.807, 2.05) is 64.2 Å². The van der Waals surface area contributed by atoms with Crippen LogP contribution in [-0.4, -0.2) is 29.6 Å². The van der Waals surface area contributed by atoms with Crippen LogP contribution in [0.3, 0.4) is 0 Å². The maximum Gasteiger partial charge on any atom is 0.323 e. The molecule has 0 spiro atoms. The minimum atomic E-state index is -0.489. The van der Waals surface area contributed by atoms with Crippen LogP contribution in [0.5, 0.6) is 0 Å². The fraction of sp³-hybridized carbons (Fsp3) is 0.458. The molecule has 0 saturated carbocycles. The summed E-state index contributed by atoms with van der Waals surface area (Å²) in [5.74, 6) is -0.143. The fourth-order valence-electron chi connectivity index (χ4n) is 3.37. The van der Waals surface area contributed by atoms with Crippen molar-refractivity contribution >= 4 is 5.97 Å². The van der Waals surface area contributed by atoms with E-state index < -0.39 is 5.60 Å². The number of carbonyl (C=O) groups is 1. The molecule has 0 amide bonds. The first-order chi connectivity index (χ1) is 12.8. The molecule has 0 saturated heterocycles. The van der Waals surface area contributed by atoms with Gasteiger partial charge in [-0.25, -0.2) is 0 Å². The van der Waals surface area contributed by atoms with E-state index in [-0.39, 0.29) is 18.1 Å². The highest BCUT2D eigenvalue weighted by atomic mass is 16.6. The average Bonchev–Trinajstić information content (AvgIpc) is 2.62. The Morgan fingerprint density at radius 3 is 1.85 bits per heavy atom. The summed E-state index contributed by atoms with van der Waals surface area (Å²) in [7, 11) is 2.04. The van der Waals surface area contributed by atoms with Crippen molar-refractivity contribution in [3.63, 3.8) is 0 Å². The zero-order chi connectivity index (χ0) is 19.9. The number of rotatable bonds is 8. The van der Waals surface area contributed by atoms with E-state index in [4.69, 9.17) is 4.74 Å². The normalized spacial score (nSPS) is 13.0. The lowest BCUT2D eigenvalue weighted by atomic mass is 9.95. The van der Waals surface area contributed by atoms with Crippen molar-refractivity contribution in [2.75, 3.05) is 7.05 Å². The van der Waals surface area contributed by atoms with E-state index >= 15 is 0 Å². The van der Waals surface area contributed by atoms with Gasteiger partial charge in [0.05, 0.1) is 6.04 Å². The van der Waals surface area contributed by atoms with Crippen LogP contribution in [-0.2, 0) is 9.53 Å². The average molecular weight is 368 g/mol. The molecule has 0 fully saturated rings. The number of likely N-dealkylation sites (N-methyl/N-ethyl adjacent to an activating group) is 1. The predicted molar refractivity (Wildman–Crippen MR) is 112 cm³/mol. The van der Waals surface area contributed by atoms with E-state index in [9.17, 15) is 4.79 Å². The number of esters is 1. The Morgan fingerprint density at radius 1 is 0.963 bits per heavy atom. The Balaban J connectivity index is 2.39. The molecule has 3 nitrogen and oxygen atoms in total. The van der Waals surface area contributed by atoms with E-state index in [1.165, 1.54) is 11.1 Å². The Morgan fingerprint density at radius 2 is 1.44 bits per heavy atom. The predicted octanol–water partition coefficient (Wildman–Crippen LogP) is 5.61. The molecular weight excluding hydrogens is 334 g/mol. The van der Waals surface area contributed by atoms with Gasteiger partial charge in [0, 0.05) is 0 Å². The molecule has 27 heavy (non-hydrogen) atoms. The maximum atomic E-state index is 13.0. The second-order valence-electron chi connectivity index (χ2n) is 8.08. The quantitative estimate of drug-likeness (QED) is 0.568. The standard InChI is InChI=1S/C24H33NO2/c1-6-7-18-21(23(26)27-24(2,3)4)25(5)22(19-14-10-8-11-15-19)20-16-12-9-13-17-20/h8-17,21-22H,6-7,18H2,1-5H3. The van der Waals surface area contributed by atoms with Crippen LogP contribution in [0.4, 0.5) is 0 Å². The molecule has 2 aromatic rings. The molecule has 146 valence electrons. The summed E-state index contributed by atoms with van der Waals surface area (Å²) in [6.07, 6.45) is 2.83. The molecule has 2 aromatic carbocycles. The maximum absolute atomic E-state index is 13.0. The third-order valence-electron chi connectivity index (χ3n) is 4.64. The molecular formula is C24H33NO2. The van der Waals surface area contributed by atoms with Gasteiger partial charge >= 0.3 is 5.97 Å². The monoisotopic (exact) mass is 367 g/mol. The molecule has 0 radical (unpaired) electrons. The van der Waals surface area contributed by atoms with Crippen molar-refractivity contribution in [2.24, 2.45) is 0 Å². The van der Waals surface area contributed by atoms with Gasteiger partial charge in [-0.05, 0) is 45.4 Å². The summed E-state index contributed by atoms with van der Waals surface area (Å²) in [5.41, 5.74) is 1.87. The van der Waals surface area contributed by atoms with Crippen LogP contribution in [0.25, 0.3) is 0 Å². The number of hydrogen-bond donors (Lipinski definition) is 0. The summed E-state index contributed by atoms with van der Waals surface area (Å²) >= 11 is 0. The first kappa shape index (κ1) is 21.2. The summed E-state index contributed by atoms with van der Waals surface area (Å²) in [5, 5.41) is 0. The minimum Gasteiger partial charge on any atom is -0.459 e. The highest BCUT2D eigenvalue weighted by Gasteiger charge is 2.33. The van der Waals surface area contributed by atoms with Crippen molar-refractivity contribution in [1.29, 1.82) is 0 Å². The van der Waals surface area contributed by atoms with Crippen LogP contribution < -0.4 is 0 Å². The Kier molecular flexibility index (Phi) is 7.61. The van der Waals surface area contributed by atoms with Crippen molar-refractivity contribution in [2.45, 2.75) is 64.6 Å². The smallest absolute Gasteiger partial charge is 0.323 e. The number of carbonyl (C=O) groups excluding carboxylic acids is 1. The molecule has 0 aliphatic carbocycles. The largest absolute Gasteiger partial charge is 0.459 e. The fourth-order valence-corrected chi connectivity index (χ4v) is 3.37. The van der Waals surface area contributed by atoms with E-state index in [0.29, 0.717) is 0 Å². The van der Waals surface area contributed by atoms with Crippen molar-refractivity contribution in [1.82, 2.24) is 4.90 Å². The van der Waals surface area contributed by atoms with E-state index in [0.717, 1.165) is 19.3 Å². The number of benzene rings is 2. The van der Waals surface area contributed by atoms with Gasteiger partial charge in [-0.2, -0.15) is 0 Å². The molecule has 3 heteroatoms. The first-order valence-corrected chi connectivity index (χ1v) is 9.88. The summed E-state index contributed by atoms with van der Waals surface area (Å²) in [6, 6.07) is 20.5. The zero-order valence-electron chi connectivity index (χ0n) is 17.3. The van der Waals surface area contributed by atoms with Crippen LogP contribution in [0.15, 0.2) is 60.7 Å². The Bertz CT molecular complexity index is 652. The van der Waals surface area contributed by atoms with Gasteiger partial charge in [0.2, 0.25) is 0 Å². The SMILES string of the molecule is CCCCC(C(=O)OC(C)(C)C)N(C)C(c1ccccc1)c1ccccc1. The minimum absolute atomic E-state index is 0.00164. The third kappa shape index (κ3) is 6.21. The van der Waals surface area contributed by atoms with E-state index in [1.54, 1.807) is 0 Å². The summed E-state index contributed by atoms with van der Waals surface area (Å²) < 4.78 is 5.76. The molecule has 0 aromatic heterocycles. The second-order valence-corrected chi connectivity index (χ2v) is 8.08. The molecule has 0 aliphatic heterocycles. The van der Waals surface area contributed by atoms with Crippen LogP contribution in [0.2, 0.25) is 0 Å². The molecule has 0 aliphatic rings. The van der Waals surface area contributed by atoms with Gasteiger partial charge in [0.25, 0.3) is 0 Å². The third-order valence-corrected chi connectivity index (χ3v) is 4.64. The molecule has 2 rings (SSSR count). The zero-order valence-corrected chi connectivity index (χ0v) is 17.3. The first-order valence-electron chi connectivity index (χ1n) is 9.88. The van der Waals surface area contributed by atoms with Crippen LogP contribution in [0, 0.1) is 0 Å². The summed E-state index contributed by atoms with van der Waals surface area (Å²) in [6.45, 7) is 7.92. The second kappa shape index (κ2) is 9.70. The molecule has 0 heterocycles. The number of unbranched alkanes of at least 4 members (excludes halogenated alkanes) is 1. The number of hydrogen-bond acceptors (Lipinski definition) is 3. The van der Waals surface area contributed by atoms with Gasteiger partial charge in [-0.1, -0.05) is 80.4 Å². The molecule has 0 N–H and O–H groups in total. The Labute approximate surface area is 164 Å². The lowest BCUT2D eigenvalue weighted by Crippen LogP contribution is -2.44. The molecule has 1 unspecified atom stereocenters. The van der Waals surface area contributed by atoms with Crippen molar-refractivity contribution in [3.05, 3.63) is 71.8 Å². The highest BCUT2D eigenvalue weighted by Crippen LogP contribution is 2.31. The number of nitrogens with zero attached hydrogens (tertiary/aromatic N) is 1. The van der Waals surface area contributed by atoms with Gasteiger partial charge in [-0.15, -0.1) is 0 Å². The highest BCUT2D eigenvalue weighted by molar-refractivity contribution is 5.76. The van der Waals surface area contributed by atoms with Gasteiger partial charge in [0.15, 0.2) is 0 Å². The lowest BCUT2D eigenvalue weighted by molar-refractivity contribution is -0.162. The van der Waals surface area contributed by atoms with Gasteiger partial charge in [-0.3, -0.25) is 9.69 Å². The summed E-state index contributed by atoms with van der Waals surface area (Å²) in [4.78, 5) is 15.2. The van der Waals surface area contributed by atoms with Crippen molar-refractivity contribution < 1.29 is 9.53 Å². The topological polar surface area (TPSA) is 29.5 Å². The number of ether oxygens (including phenoxy) is 1. The van der Waals surface area contributed by atoms with Crippen molar-refractivity contribution in [3.8, 4) is 0 Å². The van der Waals surface area contributed by atoms with E-state index in [2.05, 4.69) is 36.1 Å². The van der Waals surface area contributed by atoms with Crippen LogP contribution in [0.1, 0.15) is 64.1 Å². The van der Waals surface area contributed by atoms with Crippen LogP contribution >= 0.6 is 0 Å². The molecule has 1 atom stereocenters. The van der Waals surface area contributed by atoms with Gasteiger partial charge in [0.1, 0.15) is 11.6 Å². The Hall–Kier alpha value is -2.13. The lowest BCUT2D eigenvalue weighted by Gasteiger charge is -2.36.